The zero-order valence-corrected chi connectivity index (χ0v) is 11.3. The van der Waals surface area contributed by atoms with Crippen molar-refractivity contribution in [3.8, 4) is 0 Å². The molecule has 94 valence electrons. The van der Waals surface area contributed by atoms with E-state index in [1.165, 1.54) is 11.8 Å². The van der Waals surface area contributed by atoms with Crippen molar-refractivity contribution >= 4 is 34.8 Å². The summed E-state index contributed by atoms with van der Waals surface area (Å²) in [5, 5.41) is 1.01. The van der Waals surface area contributed by atoms with Gasteiger partial charge < -0.3 is 4.74 Å². The quantitative estimate of drug-likeness (QED) is 0.639. The van der Waals surface area contributed by atoms with Crippen LogP contribution in [0.3, 0.4) is 0 Å². The number of fused-ring (bicyclic) bond motifs is 1. The van der Waals surface area contributed by atoms with Crippen LogP contribution < -0.4 is 0 Å². The third kappa shape index (κ3) is 2.52. The van der Waals surface area contributed by atoms with Crippen LogP contribution >= 0.6 is 23.4 Å². The van der Waals surface area contributed by atoms with Gasteiger partial charge in [-0.2, -0.15) is 0 Å². The number of esters is 1. The number of pyridine rings is 1. The summed E-state index contributed by atoms with van der Waals surface area (Å²) in [4.78, 5) is 16.1. The Kier molecular flexibility index (Phi) is 3.93. The lowest BCUT2D eigenvalue weighted by Gasteiger charge is -2.00. The number of hydrogen-bond acceptors (Lipinski definition) is 4. The molecule has 6 heteroatoms. The molecular weight excluding hydrogens is 272 g/mol. The molecule has 0 atom stereocenters. The van der Waals surface area contributed by atoms with Crippen molar-refractivity contribution in [1.82, 2.24) is 9.38 Å². The average Bonchev–Trinajstić information content (AvgIpc) is 2.75. The smallest absolute Gasteiger partial charge is 0.359 e. The number of thioether (sulfide) groups is 1. The average molecular weight is 283 g/mol. The van der Waals surface area contributed by atoms with Crippen LogP contribution in [0.5, 0.6) is 0 Å². The zero-order chi connectivity index (χ0) is 13.1. The molecule has 18 heavy (non-hydrogen) atoms. The monoisotopic (exact) mass is 282 g/mol. The van der Waals surface area contributed by atoms with Gasteiger partial charge in [0, 0.05) is 11.2 Å². The number of carbonyl (C=O) groups is 1. The van der Waals surface area contributed by atoms with Crippen LogP contribution in [-0.2, 0) is 4.74 Å². The SMILES string of the molecule is C=C(Cl)COC(=O)c1nc(SC)n2ccccc12. The molecule has 0 N–H and O–H groups in total. The molecule has 0 bridgehead atoms. The fourth-order valence-electron chi connectivity index (χ4n) is 1.52. The molecule has 2 rings (SSSR count). The van der Waals surface area contributed by atoms with Crippen molar-refractivity contribution in [2.45, 2.75) is 5.16 Å². The van der Waals surface area contributed by atoms with Gasteiger partial charge >= 0.3 is 5.97 Å². The fourth-order valence-corrected chi connectivity index (χ4v) is 2.11. The highest BCUT2D eigenvalue weighted by molar-refractivity contribution is 7.98. The minimum atomic E-state index is -0.499. The van der Waals surface area contributed by atoms with Gasteiger partial charge in [-0.25, -0.2) is 9.78 Å². The first-order chi connectivity index (χ1) is 8.63. The van der Waals surface area contributed by atoms with E-state index in [1.807, 2.05) is 35.1 Å². The van der Waals surface area contributed by atoms with Crippen molar-refractivity contribution in [2.75, 3.05) is 12.9 Å². The molecule has 0 aliphatic heterocycles. The summed E-state index contributed by atoms with van der Waals surface area (Å²) in [6, 6.07) is 5.54. The van der Waals surface area contributed by atoms with Crippen LogP contribution in [0.1, 0.15) is 10.5 Å². The van der Waals surface area contributed by atoms with E-state index in [9.17, 15) is 4.79 Å². The molecule has 0 aliphatic carbocycles. The summed E-state index contributed by atoms with van der Waals surface area (Å²) in [5.74, 6) is -0.499. The molecule has 0 aliphatic rings. The first-order valence-corrected chi connectivity index (χ1v) is 6.75. The Morgan fingerprint density at radius 1 is 1.61 bits per heavy atom. The van der Waals surface area contributed by atoms with Crippen LogP contribution in [0, 0.1) is 0 Å². The number of ether oxygens (including phenoxy) is 1. The van der Waals surface area contributed by atoms with Crippen molar-refractivity contribution in [3.05, 3.63) is 41.7 Å². The predicted octanol–water partition coefficient (Wildman–Crippen LogP) is 2.97. The molecule has 2 aromatic rings. The molecule has 0 unspecified atom stereocenters. The van der Waals surface area contributed by atoms with E-state index in [0.29, 0.717) is 5.52 Å². The second kappa shape index (κ2) is 5.46. The molecule has 0 fully saturated rings. The highest BCUT2D eigenvalue weighted by Gasteiger charge is 2.18. The minimum Gasteiger partial charge on any atom is -0.455 e. The number of halogens is 1. The van der Waals surface area contributed by atoms with E-state index < -0.39 is 5.97 Å². The van der Waals surface area contributed by atoms with Gasteiger partial charge in [0.05, 0.1) is 5.52 Å². The third-order valence-corrected chi connectivity index (χ3v) is 3.01. The molecule has 0 radical (unpaired) electrons. The molecule has 4 nitrogen and oxygen atoms in total. The lowest BCUT2D eigenvalue weighted by Crippen LogP contribution is -2.07. The molecular formula is C12H11ClN2O2S. The van der Waals surface area contributed by atoms with E-state index in [4.69, 9.17) is 16.3 Å². The molecule has 0 saturated heterocycles. The summed E-state index contributed by atoms with van der Waals surface area (Å²) in [6.45, 7) is 3.45. The van der Waals surface area contributed by atoms with Crippen molar-refractivity contribution in [1.29, 1.82) is 0 Å². The largest absolute Gasteiger partial charge is 0.455 e. The topological polar surface area (TPSA) is 43.6 Å². The highest BCUT2D eigenvalue weighted by atomic mass is 35.5. The van der Waals surface area contributed by atoms with Crippen LogP contribution in [-0.4, -0.2) is 28.2 Å². The van der Waals surface area contributed by atoms with Crippen molar-refractivity contribution in [3.63, 3.8) is 0 Å². The standard InChI is InChI=1S/C12H11ClN2O2S/c1-8(13)7-17-11(16)10-9-5-3-4-6-15(9)12(14-10)18-2/h3-6H,1,7H2,2H3. The Bertz CT molecular complexity index is 609. The van der Waals surface area contributed by atoms with E-state index in [0.717, 1.165) is 5.16 Å². The number of hydrogen-bond donors (Lipinski definition) is 0. The number of carbonyl (C=O) groups excluding carboxylic acids is 1. The number of nitrogens with zero attached hydrogens (tertiary/aromatic N) is 2. The Morgan fingerprint density at radius 2 is 2.39 bits per heavy atom. The van der Waals surface area contributed by atoms with Gasteiger partial charge in [-0.05, 0) is 18.4 Å². The predicted molar refractivity (Wildman–Crippen MR) is 72.2 cm³/mol. The Labute approximate surface area is 114 Å². The molecule has 0 amide bonds. The van der Waals surface area contributed by atoms with E-state index in [1.54, 1.807) is 0 Å². The van der Waals surface area contributed by atoms with Crippen LogP contribution in [0.2, 0.25) is 0 Å². The minimum absolute atomic E-state index is 0.0131. The maximum atomic E-state index is 11.9. The number of rotatable bonds is 4. The fraction of sp³-hybridized carbons (Fsp3) is 0.167. The van der Waals surface area contributed by atoms with Gasteiger partial charge in [0.2, 0.25) is 0 Å². The molecule has 0 spiro atoms. The van der Waals surface area contributed by atoms with Crippen LogP contribution in [0.15, 0.2) is 41.2 Å². The van der Waals surface area contributed by atoms with Crippen LogP contribution in [0.4, 0.5) is 0 Å². The summed E-state index contributed by atoms with van der Waals surface area (Å²) < 4.78 is 6.84. The van der Waals surface area contributed by atoms with Crippen LogP contribution in [0.25, 0.3) is 5.52 Å². The van der Waals surface area contributed by atoms with Gasteiger partial charge in [-0.1, -0.05) is 36.0 Å². The van der Waals surface area contributed by atoms with Gasteiger partial charge in [0.1, 0.15) is 6.61 Å². The van der Waals surface area contributed by atoms with E-state index >= 15 is 0 Å². The highest BCUT2D eigenvalue weighted by Crippen LogP contribution is 2.20. The second-order valence-corrected chi connectivity index (χ2v) is 4.80. The third-order valence-electron chi connectivity index (χ3n) is 2.25. The van der Waals surface area contributed by atoms with Crippen molar-refractivity contribution < 1.29 is 9.53 Å². The van der Waals surface area contributed by atoms with Gasteiger partial charge in [-0.3, -0.25) is 4.40 Å². The number of aromatic nitrogens is 2. The second-order valence-electron chi connectivity index (χ2n) is 3.50. The zero-order valence-electron chi connectivity index (χ0n) is 9.72. The molecule has 0 aromatic carbocycles. The lowest BCUT2D eigenvalue weighted by molar-refractivity contribution is 0.0542. The maximum Gasteiger partial charge on any atom is 0.359 e. The maximum absolute atomic E-state index is 11.9. The van der Waals surface area contributed by atoms with Gasteiger partial charge in [-0.15, -0.1) is 0 Å². The number of imidazole rings is 1. The normalized spacial score (nSPS) is 10.6. The molecule has 2 aromatic heterocycles. The Morgan fingerprint density at radius 3 is 3.06 bits per heavy atom. The van der Waals surface area contributed by atoms with Gasteiger partial charge in [0.15, 0.2) is 10.9 Å². The Hall–Kier alpha value is -1.46. The van der Waals surface area contributed by atoms with E-state index in [2.05, 4.69) is 11.6 Å². The Balaban J connectivity index is 2.38. The lowest BCUT2D eigenvalue weighted by atomic mass is 10.3. The summed E-state index contributed by atoms with van der Waals surface area (Å²) in [5.41, 5.74) is 1.00. The summed E-state index contributed by atoms with van der Waals surface area (Å²) >= 11 is 7.02. The summed E-state index contributed by atoms with van der Waals surface area (Å²) in [7, 11) is 0. The van der Waals surface area contributed by atoms with Gasteiger partial charge in [0.25, 0.3) is 0 Å². The van der Waals surface area contributed by atoms with E-state index in [-0.39, 0.29) is 17.3 Å². The molecule has 2 heterocycles. The first-order valence-electron chi connectivity index (χ1n) is 5.15. The van der Waals surface area contributed by atoms with Crippen molar-refractivity contribution in [2.24, 2.45) is 0 Å². The summed E-state index contributed by atoms with van der Waals surface area (Å²) in [6.07, 6.45) is 3.75. The first kappa shape index (κ1) is 13.0. The molecule has 0 saturated carbocycles.